The minimum absolute atomic E-state index is 0.114. The highest BCUT2D eigenvalue weighted by Gasteiger charge is 2.22. The first-order valence-electron chi connectivity index (χ1n) is 12.2. The lowest BCUT2D eigenvalue weighted by Gasteiger charge is -2.20. The monoisotopic (exact) mass is 513 g/mol. The first-order chi connectivity index (χ1) is 19.0. The summed E-state index contributed by atoms with van der Waals surface area (Å²) in [5.41, 5.74) is 11.8. The number of carbonyl (C=O) groups is 1. The topological polar surface area (TPSA) is 129 Å². The summed E-state index contributed by atoms with van der Waals surface area (Å²) in [7, 11) is 1.85. The Labute approximate surface area is 223 Å². The van der Waals surface area contributed by atoms with E-state index in [1.807, 2.05) is 56.6 Å². The highest BCUT2D eigenvalue weighted by atomic mass is 16.1. The summed E-state index contributed by atoms with van der Waals surface area (Å²) in [5, 5.41) is 16.7. The fourth-order valence-corrected chi connectivity index (χ4v) is 4.54. The molecule has 6 aromatic rings. The molecular formula is C29H23N9O. The van der Waals surface area contributed by atoms with Gasteiger partial charge in [-0.25, -0.2) is 9.97 Å². The van der Waals surface area contributed by atoms with Crippen LogP contribution in [0.3, 0.4) is 0 Å². The number of benzene rings is 2. The molecule has 1 atom stereocenters. The van der Waals surface area contributed by atoms with Gasteiger partial charge in [-0.15, -0.1) is 0 Å². The van der Waals surface area contributed by atoms with Gasteiger partial charge < -0.3 is 11.1 Å². The first kappa shape index (κ1) is 23.8. The van der Waals surface area contributed by atoms with Crippen molar-refractivity contribution in [3.8, 4) is 23.0 Å². The van der Waals surface area contributed by atoms with E-state index < -0.39 is 6.04 Å². The minimum atomic E-state index is -0.404. The standard InChI is InChI=1S/C29H23N9O/c1-18(35-29(39)26-27(30)32-17-38-11-10-31-28(26)38)22-13-25-24(12-23(22)20-6-4-3-5-7-20)21(15-33-36-25)9-8-19-14-34-37(2)16-19/h3-7,10-18H,30H2,1-2H3,(H,35,39). The van der Waals surface area contributed by atoms with Crippen molar-refractivity contribution in [1.29, 1.82) is 0 Å². The van der Waals surface area contributed by atoms with Crippen molar-refractivity contribution < 1.29 is 4.79 Å². The Morgan fingerprint density at radius 3 is 2.74 bits per heavy atom. The van der Waals surface area contributed by atoms with Crippen LogP contribution < -0.4 is 11.1 Å². The molecule has 2 aromatic carbocycles. The molecule has 0 fully saturated rings. The third-order valence-corrected chi connectivity index (χ3v) is 6.45. The predicted molar refractivity (Wildman–Crippen MR) is 147 cm³/mol. The Morgan fingerprint density at radius 2 is 1.95 bits per heavy atom. The number of nitrogens with two attached hydrogens (primary N) is 1. The van der Waals surface area contributed by atoms with Crippen LogP contribution >= 0.6 is 0 Å². The van der Waals surface area contributed by atoms with Gasteiger partial charge in [-0.3, -0.25) is 13.9 Å². The van der Waals surface area contributed by atoms with E-state index >= 15 is 0 Å². The number of carbonyl (C=O) groups excluding carboxylic acids is 1. The van der Waals surface area contributed by atoms with Gasteiger partial charge >= 0.3 is 0 Å². The van der Waals surface area contributed by atoms with Gasteiger partial charge in [0.25, 0.3) is 5.91 Å². The maximum absolute atomic E-state index is 13.4. The Bertz CT molecular complexity index is 1910. The van der Waals surface area contributed by atoms with Crippen LogP contribution in [0, 0.1) is 11.8 Å². The lowest BCUT2D eigenvalue weighted by Crippen LogP contribution is -2.28. The Hall–Kier alpha value is -5.56. The molecule has 0 radical (unpaired) electrons. The molecule has 4 heterocycles. The fourth-order valence-electron chi connectivity index (χ4n) is 4.54. The molecule has 6 rings (SSSR count). The maximum Gasteiger partial charge on any atom is 0.259 e. The maximum atomic E-state index is 13.4. The summed E-state index contributed by atoms with van der Waals surface area (Å²) in [6.07, 6.45) is 10.1. The van der Waals surface area contributed by atoms with Crippen LogP contribution in [0.15, 0.2) is 79.8 Å². The normalized spacial score (nSPS) is 11.7. The number of aromatic nitrogens is 7. The highest BCUT2D eigenvalue weighted by Crippen LogP contribution is 2.33. The molecule has 1 unspecified atom stereocenters. The molecular weight excluding hydrogens is 490 g/mol. The number of anilines is 1. The van der Waals surface area contributed by atoms with Crippen molar-refractivity contribution in [1.82, 2.24) is 39.7 Å². The molecule has 10 nitrogen and oxygen atoms in total. The molecule has 0 saturated carbocycles. The molecule has 10 heteroatoms. The molecule has 0 spiro atoms. The van der Waals surface area contributed by atoms with Crippen LogP contribution in [0.2, 0.25) is 0 Å². The van der Waals surface area contributed by atoms with Crippen LogP contribution in [0.1, 0.15) is 40.0 Å². The predicted octanol–water partition coefficient (Wildman–Crippen LogP) is 3.55. The molecule has 0 aliphatic heterocycles. The van der Waals surface area contributed by atoms with E-state index in [2.05, 4.69) is 48.5 Å². The van der Waals surface area contributed by atoms with Gasteiger partial charge in [0.15, 0.2) is 5.65 Å². The summed E-state index contributed by atoms with van der Waals surface area (Å²) < 4.78 is 3.37. The van der Waals surface area contributed by atoms with E-state index in [-0.39, 0.29) is 17.3 Å². The van der Waals surface area contributed by atoms with E-state index in [0.29, 0.717) is 11.2 Å². The number of aryl methyl sites for hydroxylation is 1. The van der Waals surface area contributed by atoms with E-state index in [1.54, 1.807) is 33.9 Å². The quantitative estimate of drug-likeness (QED) is 0.345. The number of hydrogen-bond acceptors (Lipinski definition) is 7. The van der Waals surface area contributed by atoms with Crippen molar-refractivity contribution in [2.45, 2.75) is 13.0 Å². The third kappa shape index (κ3) is 4.53. The van der Waals surface area contributed by atoms with Crippen LogP contribution in [-0.2, 0) is 7.05 Å². The van der Waals surface area contributed by atoms with Crippen LogP contribution in [0.5, 0.6) is 0 Å². The van der Waals surface area contributed by atoms with E-state index in [4.69, 9.17) is 5.73 Å². The summed E-state index contributed by atoms with van der Waals surface area (Å²) in [6.45, 7) is 1.92. The lowest BCUT2D eigenvalue weighted by molar-refractivity contribution is 0.0941. The Morgan fingerprint density at radius 1 is 1.10 bits per heavy atom. The molecule has 1 amide bonds. The number of nitrogens with zero attached hydrogens (tertiary/aromatic N) is 7. The molecule has 3 N–H and O–H groups in total. The number of fused-ring (bicyclic) bond motifs is 2. The van der Waals surface area contributed by atoms with Crippen molar-refractivity contribution in [3.05, 3.63) is 102 Å². The number of hydrogen-bond donors (Lipinski definition) is 2. The SMILES string of the molecule is CC(NC(=O)c1c(N)ncn2ccnc12)c1cc2nncc(C#Cc3cnn(C)c3)c2cc1-c1ccccc1. The van der Waals surface area contributed by atoms with Gasteiger partial charge in [-0.2, -0.15) is 15.3 Å². The summed E-state index contributed by atoms with van der Waals surface area (Å²) in [5.74, 6) is 6.11. The zero-order valence-electron chi connectivity index (χ0n) is 21.2. The van der Waals surface area contributed by atoms with Crippen molar-refractivity contribution in [2.24, 2.45) is 7.05 Å². The number of nitrogen functional groups attached to an aromatic ring is 1. The van der Waals surface area contributed by atoms with Gasteiger partial charge in [0.1, 0.15) is 17.7 Å². The molecule has 0 saturated heterocycles. The van der Waals surface area contributed by atoms with Crippen molar-refractivity contribution in [2.75, 3.05) is 5.73 Å². The zero-order valence-corrected chi connectivity index (χ0v) is 21.2. The van der Waals surface area contributed by atoms with E-state index in [9.17, 15) is 4.79 Å². The molecule has 4 aromatic heterocycles. The van der Waals surface area contributed by atoms with Gasteiger partial charge in [0.2, 0.25) is 0 Å². The molecule has 39 heavy (non-hydrogen) atoms. The molecule has 190 valence electrons. The zero-order chi connectivity index (χ0) is 26.9. The summed E-state index contributed by atoms with van der Waals surface area (Å²) >= 11 is 0. The average molecular weight is 514 g/mol. The van der Waals surface area contributed by atoms with Gasteiger partial charge in [-0.05, 0) is 35.7 Å². The molecule has 0 aliphatic rings. The van der Waals surface area contributed by atoms with Crippen molar-refractivity contribution in [3.63, 3.8) is 0 Å². The average Bonchev–Trinajstić information content (AvgIpc) is 3.60. The number of rotatable bonds is 4. The minimum Gasteiger partial charge on any atom is -0.383 e. The van der Waals surface area contributed by atoms with Crippen molar-refractivity contribution >= 4 is 28.3 Å². The third-order valence-electron chi connectivity index (χ3n) is 6.45. The molecule has 0 bridgehead atoms. The largest absolute Gasteiger partial charge is 0.383 e. The summed E-state index contributed by atoms with van der Waals surface area (Å²) in [6, 6.07) is 13.6. The first-order valence-corrected chi connectivity index (χ1v) is 12.2. The molecule has 0 aliphatic carbocycles. The summed E-state index contributed by atoms with van der Waals surface area (Å²) in [4.78, 5) is 21.8. The van der Waals surface area contributed by atoms with Crippen LogP contribution in [-0.4, -0.2) is 40.3 Å². The second-order valence-electron chi connectivity index (χ2n) is 9.09. The van der Waals surface area contributed by atoms with Gasteiger partial charge in [0.05, 0.1) is 35.1 Å². The number of nitrogens with one attached hydrogen (secondary N) is 1. The fraction of sp³-hybridized carbons (Fsp3) is 0.103. The van der Waals surface area contributed by atoms with E-state index in [1.165, 1.54) is 6.33 Å². The van der Waals surface area contributed by atoms with E-state index in [0.717, 1.165) is 33.2 Å². The number of amides is 1. The lowest BCUT2D eigenvalue weighted by atomic mass is 9.92. The Kier molecular flexibility index (Phi) is 5.93. The smallest absolute Gasteiger partial charge is 0.259 e. The Balaban J connectivity index is 1.44. The van der Waals surface area contributed by atoms with Crippen LogP contribution in [0.25, 0.3) is 27.7 Å². The van der Waals surface area contributed by atoms with Gasteiger partial charge in [0, 0.05) is 31.0 Å². The second kappa shape index (κ2) is 9.72. The highest BCUT2D eigenvalue weighted by molar-refractivity contribution is 6.04. The van der Waals surface area contributed by atoms with Gasteiger partial charge in [-0.1, -0.05) is 42.2 Å². The second-order valence-corrected chi connectivity index (χ2v) is 9.09. The number of imidazole rings is 1. The van der Waals surface area contributed by atoms with Crippen LogP contribution in [0.4, 0.5) is 5.82 Å².